The molecule has 2 amide bonds. The summed E-state index contributed by atoms with van der Waals surface area (Å²) in [7, 11) is 1.59. The number of ether oxygens (including phenoxy) is 3. The van der Waals surface area contributed by atoms with Crippen molar-refractivity contribution in [3.8, 4) is 11.5 Å². The average molecular weight is 462 g/mol. The zero-order valence-electron chi connectivity index (χ0n) is 17.4. The quantitative estimate of drug-likeness (QED) is 0.349. The SMILES string of the molecule is CCOc1cc(/C=C2/SC(=O)N(CCCOC)C2=O)ccc1OCc1ccccc1Cl. The Morgan fingerprint density at radius 3 is 2.65 bits per heavy atom. The third-order valence-electron chi connectivity index (χ3n) is 4.51. The fourth-order valence-electron chi connectivity index (χ4n) is 2.98. The Labute approximate surface area is 191 Å². The van der Waals surface area contributed by atoms with E-state index >= 15 is 0 Å². The van der Waals surface area contributed by atoms with E-state index < -0.39 is 0 Å². The summed E-state index contributed by atoms with van der Waals surface area (Å²) in [6.45, 7) is 3.49. The van der Waals surface area contributed by atoms with E-state index in [-0.39, 0.29) is 11.1 Å². The zero-order chi connectivity index (χ0) is 22.2. The minimum absolute atomic E-state index is 0.267. The van der Waals surface area contributed by atoms with Gasteiger partial charge in [0.1, 0.15) is 6.61 Å². The molecule has 0 saturated carbocycles. The number of nitrogens with zero attached hydrogens (tertiary/aromatic N) is 1. The molecule has 1 fully saturated rings. The first-order valence-corrected chi connectivity index (χ1v) is 11.1. The molecule has 2 aromatic carbocycles. The molecule has 1 aliphatic rings. The van der Waals surface area contributed by atoms with Gasteiger partial charge in [0, 0.05) is 30.8 Å². The highest BCUT2D eigenvalue weighted by atomic mass is 35.5. The summed E-state index contributed by atoms with van der Waals surface area (Å²) in [6.07, 6.45) is 2.30. The lowest BCUT2D eigenvalue weighted by atomic mass is 10.1. The maximum absolute atomic E-state index is 12.6. The van der Waals surface area contributed by atoms with Crippen LogP contribution in [-0.4, -0.2) is 42.9 Å². The van der Waals surface area contributed by atoms with Crippen LogP contribution in [0.4, 0.5) is 4.79 Å². The molecular formula is C23H24ClNO5S. The molecule has 164 valence electrons. The van der Waals surface area contributed by atoms with Crippen molar-refractivity contribution in [2.75, 3.05) is 26.9 Å². The number of methoxy groups -OCH3 is 1. The number of thioether (sulfide) groups is 1. The van der Waals surface area contributed by atoms with E-state index in [9.17, 15) is 9.59 Å². The smallest absolute Gasteiger partial charge is 0.293 e. The predicted octanol–water partition coefficient (Wildman–Crippen LogP) is 5.39. The normalized spacial score (nSPS) is 15.1. The van der Waals surface area contributed by atoms with Crippen LogP contribution in [0.25, 0.3) is 6.08 Å². The van der Waals surface area contributed by atoms with Gasteiger partial charge in [0.2, 0.25) is 0 Å². The molecule has 0 N–H and O–H groups in total. The lowest BCUT2D eigenvalue weighted by molar-refractivity contribution is -0.122. The maximum atomic E-state index is 12.6. The van der Waals surface area contributed by atoms with Gasteiger partial charge in [-0.15, -0.1) is 0 Å². The zero-order valence-corrected chi connectivity index (χ0v) is 19.0. The lowest BCUT2D eigenvalue weighted by Crippen LogP contribution is -2.29. The number of halogens is 1. The number of rotatable bonds is 10. The number of hydrogen-bond acceptors (Lipinski definition) is 6. The molecule has 3 rings (SSSR count). The van der Waals surface area contributed by atoms with Gasteiger partial charge in [-0.2, -0.15) is 0 Å². The minimum Gasteiger partial charge on any atom is -0.490 e. The molecule has 0 bridgehead atoms. The molecule has 0 aliphatic carbocycles. The topological polar surface area (TPSA) is 65.1 Å². The van der Waals surface area contributed by atoms with Crippen molar-refractivity contribution in [1.82, 2.24) is 4.90 Å². The second-order valence-electron chi connectivity index (χ2n) is 6.70. The fraction of sp³-hybridized carbons (Fsp3) is 0.304. The summed E-state index contributed by atoms with van der Waals surface area (Å²) < 4.78 is 16.6. The van der Waals surface area contributed by atoms with E-state index in [1.54, 1.807) is 25.3 Å². The number of amides is 2. The number of imide groups is 1. The second-order valence-corrected chi connectivity index (χ2v) is 8.10. The lowest BCUT2D eigenvalue weighted by Gasteiger charge is -2.13. The van der Waals surface area contributed by atoms with Gasteiger partial charge in [-0.25, -0.2) is 0 Å². The molecule has 0 spiro atoms. The van der Waals surface area contributed by atoms with Crippen LogP contribution in [0.5, 0.6) is 11.5 Å². The highest BCUT2D eigenvalue weighted by molar-refractivity contribution is 8.18. The van der Waals surface area contributed by atoms with E-state index in [2.05, 4.69) is 0 Å². The van der Waals surface area contributed by atoms with E-state index in [4.69, 9.17) is 25.8 Å². The van der Waals surface area contributed by atoms with E-state index in [0.717, 1.165) is 22.9 Å². The molecule has 0 radical (unpaired) electrons. The summed E-state index contributed by atoms with van der Waals surface area (Å²) in [5.74, 6) is 0.845. The molecule has 6 nitrogen and oxygen atoms in total. The Morgan fingerprint density at radius 1 is 1.10 bits per heavy atom. The van der Waals surface area contributed by atoms with Crippen molar-refractivity contribution in [2.24, 2.45) is 0 Å². The summed E-state index contributed by atoms with van der Waals surface area (Å²) in [6, 6.07) is 12.9. The van der Waals surface area contributed by atoms with Crippen LogP contribution in [0, 0.1) is 0 Å². The molecule has 0 aromatic heterocycles. The van der Waals surface area contributed by atoms with Crippen LogP contribution in [-0.2, 0) is 16.1 Å². The standard InChI is InChI=1S/C23H24ClNO5S/c1-3-29-20-13-16(9-10-19(20)30-15-17-7-4-5-8-18(17)24)14-21-22(26)25(23(27)31-21)11-6-12-28-2/h4-5,7-10,13-14H,3,6,11-12,15H2,1-2H3/b21-14+. The van der Waals surface area contributed by atoms with Crippen LogP contribution in [0.2, 0.25) is 5.02 Å². The monoisotopic (exact) mass is 461 g/mol. The first-order chi connectivity index (χ1) is 15.0. The third-order valence-corrected chi connectivity index (χ3v) is 5.79. The van der Waals surface area contributed by atoms with Gasteiger partial charge in [-0.3, -0.25) is 14.5 Å². The van der Waals surface area contributed by atoms with E-state index in [1.807, 2.05) is 37.3 Å². The summed E-state index contributed by atoms with van der Waals surface area (Å²) >= 11 is 7.14. The highest BCUT2D eigenvalue weighted by Gasteiger charge is 2.34. The highest BCUT2D eigenvalue weighted by Crippen LogP contribution is 2.35. The summed E-state index contributed by atoms with van der Waals surface area (Å²) in [4.78, 5) is 26.4. The van der Waals surface area contributed by atoms with Crippen LogP contribution in [0.3, 0.4) is 0 Å². The molecule has 1 saturated heterocycles. The van der Waals surface area contributed by atoms with Gasteiger partial charge in [0.05, 0.1) is 11.5 Å². The molecular weight excluding hydrogens is 438 g/mol. The molecule has 0 atom stereocenters. The van der Waals surface area contributed by atoms with Crippen molar-refractivity contribution < 1.29 is 23.8 Å². The Hall–Kier alpha value is -2.48. The van der Waals surface area contributed by atoms with Gasteiger partial charge < -0.3 is 14.2 Å². The third kappa shape index (κ3) is 6.03. The number of benzene rings is 2. The molecule has 31 heavy (non-hydrogen) atoms. The van der Waals surface area contributed by atoms with E-state index in [0.29, 0.717) is 54.2 Å². The Kier molecular flexibility index (Phi) is 8.40. The Morgan fingerprint density at radius 2 is 1.90 bits per heavy atom. The summed E-state index contributed by atoms with van der Waals surface area (Å²) in [5, 5.41) is 0.371. The Balaban J connectivity index is 1.75. The van der Waals surface area contributed by atoms with Crippen LogP contribution >= 0.6 is 23.4 Å². The second kappa shape index (κ2) is 11.2. The van der Waals surface area contributed by atoms with Gasteiger partial charge >= 0.3 is 0 Å². The molecule has 8 heteroatoms. The van der Waals surface area contributed by atoms with Crippen molar-refractivity contribution in [3.05, 3.63) is 63.5 Å². The molecule has 1 aliphatic heterocycles. The largest absolute Gasteiger partial charge is 0.490 e. The fourth-order valence-corrected chi connectivity index (χ4v) is 4.04. The van der Waals surface area contributed by atoms with Crippen molar-refractivity contribution >= 4 is 40.6 Å². The van der Waals surface area contributed by atoms with Gasteiger partial charge in [0.15, 0.2) is 11.5 Å². The first-order valence-electron chi connectivity index (χ1n) is 9.90. The minimum atomic E-state index is -0.289. The average Bonchev–Trinajstić information content (AvgIpc) is 3.02. The maximum Gasteiger partial charge on any atom is 0.293 e. The number of carbonyl (C=O) groups is 2. The first kappa shape index (κ1) is 23.2. The van der Waals surface area contributed by atoms with Crippen molar-refractivity contribution in [3.63, 3.8) is 0 Å². The van der Waals surface area contributed by atoms with E-state index in [1.165, 1.54) is 4.90 Å². The van der Waals surface area contributed by atoms with Crippen molar-refractivity contribution in [1.29, 1.82) is 0 Å². The van der Waals surface area contributed by atoms with Crippen molar-refractivity contribution in [2.45, 2.75) is 20.0 Å². The van der Waals surface area contributed by atoms with Crippen LogP contribution in [0.15, 0.2) is 47.4 Å². The predicted molar refractivity (Wildman–Crippen MR) is 123 cm³/mol. The molecule has 1 heterocycles. The molecule has 2 aromatic rings. The van der Waals surface area contributed by atoms with Gasteiger partial charge in [-0.05, 0) is 54.9 Å². The summed E-state index contributed by atoms with van der Waals surface area (Å²) in [5.41, 5.74) is 1.62. The molecule has 0 unspecified atom stereocenters. The van der Waals surface area contributed by atoms with Crippen LogP contribution in [0.1, 0.15) is 24.5 Å². The van der Waals surface area contributed by atoms with Gasteiger partial charge in [-0.1, -0.05) is 35.9 Å². The number of hydrogen-bond donors (Lipinski definition) is 0. The van der Waals surface area contributed by atoms with Gasteiger partial charge in [0.25, 0.3) is 11.1 Å². The number of carbonyl (C=O) groups excluding carboxylic acids is 2. The Bertz CT molecular complexity index is 978. The van der Waals surface area contributed by atoms with Crippen LogP contribution < -0.4 is 9.47 Å².